The zero-order valence-corrected chi connectivity index (χ0v) is 41.7. The van der Waals surface area contributed by atoms with Gasteiger partial charge in [0.1, 0.15) is 123 Å². The number of aliphatic hydroxyl groups excluding tert-OH is 9. The van der Waals surface area contributed by atoms with E-state index in [4.69, 9.17) is 14.2 Å². The summed E-state index contributed by atoms with van der Waals surface area (Å²) in [5.74, 6) is -18.2. The van der Waals surface area contributed by atoms with Crippen molar-refractivity contribution in [2.75, 3.05) is 0 Å². The molecule has 6 aliphatic rings. The fourth-order valence-corrected chi connectivity index (χ4v) is 12.1. The number of hydrogen-bond acceptors (Lipinski definition) is 21. The van der Waals surface area contributed by atoms with Crippen molar-refractivity contribution in [1.29, 1.82) is 0 Å². The van der Waals surface area contributed by atoms with Gasteiger partial charge >= 0.3 is 0 Å². The lowest BCUT2D eigenvalue weighted by Gasteiger charge is -2.46. The summed E-state index contributed by atoms with van der Waals surface area (Å²) in [6, 6.07) is 12.3. The predicted molar refractivity (Wildman–Crippen MR) is 282 cm³/mol. The molecule has 0 saturated carbocycles. The van der Waals surface area contributed by atoms with Crippen LogP contribution >= 0.6 is 0 Å². The molecule has 18 N–H and O–H groups in total. The van der Waals surface area contributed by atoms with E-state index in [9.17, 15) is 91.9 Å². The highest BCUT2D eigenvalue weighted by molar-refractivity contribution is 5.75. The molecule has 3 unspecified atom stereocenters. The van der Waals surface area contributed by atoms with Gasteiger partial charge in [-0.25, -0.2) is 0 Å². The van der Waals surface area contributed by atoms with Gasteiger partial charge in [-0.3, -0.25) is 0 Å². The van der Waals surface area contributed by atoms with Crippen LogP contribution in [-0.2, 0) is 0 Å². The second kappa shape index (κ2) is 19.8. The maximum atomic E-state index is 13.0. The molecule has 21 heteroatoms. The molecule has 5 aromatic carbocycles. The first-order valence-corrected chi connectivity index (χ1v) is 25.3. The number of phenols is 9. The van der Waals surface area contributed by atoms with Gasteiger partial charge < -0.3 is 106 Å². The number of rotatable bonds is 8. The lowest BCUT2D eigenvalue weighted by atomic mass is 9.70. The summed E-state index contributed by atoms with van der Waals surface area (Å²) in [5, 5.41) is 207. The molecule has 0 fully saturated rings. The summed E-state index contributed by atoms with van der Waals surface area (Å²) < 4.78 is 19.6. The maximum absolute atomic E-state index is 13.0. The Balaban J connectivity index is 1.14. The van der Waals surface area contributed by atoms with E-state index in [2.05, 4.69) is 0 Å². The molecule has 3 aliphatic heterocycles. The summed E-state index contributed by atoms with van der Waals surface area (Å²) in [6.07, 6.45) is -0.578. The van der Waals surface area contributed by atoms with Gasteiger partial charge in [-0.05, 0) is 53.6 Å². The van der Waals surface area contributed by atoms with Crippen LogP contribution in [0.3, 0.4) is 0 Å². The third kappa shape index (κ3) is 8.80. The molecular formula is C59H54O21. The Labute approximate surface area is 453 Å². The smallest absolute Gasteiger partial charge is 0.152 e. The van der Waals surface area contributed by atoms with Crippen LogP contribution in [0.15, 0.2) is 132 Å². The van der Waals surface area contributed by atoms with Gasteiger partial charge in [0, 0.05) is 94.7 Å². The van der Waals surface area contributed by atoms with Gasteiger partial charge in [0.15, 0.2) is 17.3 Å². The minimum atomic E-state index is -2.00. The van der Waals surface area contributed by atoms with Crippen molar-refractivity contribution in [3.63, 3.8) is 0 Å². The van der Waals surface area contributed by atoms with Crippen LogP contribution in [0.4, 0.5) is 0 Å². The van der Waals surface area contributed by atoms with E-state index < -0.39 is 193 Å². The number of benzene rings is 5. The van der Waals surface area contributed by atoms with Crippen molar-refractivity contribution in [1.82, 2.24) is 0 Å². The second-order valence-electron chi connectivity index (χ2n) is 20.7. The third-order valence-electron chi connectivity index (χ3n) is 15.9. The highest BCUT2D eigenvalue weighted by atomic mass is 16.5. The van der Waals surface area contributed by atoms with E-state index in [1.54, 1.807) is 18.2 Å². The number of aliphatic hydroxyl groups is 9. The van der Waals surface area contributed by atoms with E-state index in [0.717, 1.165) is 36.4 Å². The standard InChI is InChI=1S/C59H54O21/c60-27-8-3-22(4-9-27)1-2-23-13-35(68)43(36(69)14-23)49-45-38(71)20-40(73)47(58(45)79-56(52(49)75)25-6-11-30(63)33(66)16-25)51-48-41(74)21-39(72)46(59(48)80-57(54(51)77)26-7-12-31(64)34(67)17-26)50-44-37(70)18-28(61)19-42(44)78-55(53(50)76)24-5-10-29(62)32(65)15-24/h1-14,18-21,24-26,49-57,60-77H,15-17H2/b2-1+/t24?,25?,26?,49-,50+,51-,52+,53+,54+,55+,56+,57+/m0/s1. The molecule has 0 radical (unpaired) electrons. The van der Waals surface area contributed by atoms with Gasteiger partial charge in [-0.2, -0.15) is 0 Å². The first-order valence-electron chi connectivity index (χ1n) is 25.3. The van der Waals surface area contributed by atoms with Crippen LogP contribution in [0.5, 0.6) is 69.0 Å². The quantitative estimate of drug-likeness (QED) is 0.0662. The van der Waals surface area contributed by atoms with Crippen LogP contribution in [0.25, 0.3) is 12.2 Å². The second-order valence-corrected chi connectivity index (χ2v) is 20.7. The molecule has 0 aromatic heterocycles. The van der Waals surface area contributed by atoms with Crippen molar-refractivity contribution in [3.8, 4) is 69.0 Å². The van der Waals surface area contributed by atoms with Crippen molar-refractivity contribution in [2.24, 2.45) is 17.8 Å². The molecule has 0 amide bonds. The normalized spacial score (nSPS) is 28.0. The van der Waals surface area contributed by atoms with Crippen LogP contribution in [-0.4, -0.2) is 129 Å². The molecular weight excluding hydrogens is 1040 g/mol. The molecule has 0 bridgehead atoms. The summed E-state index contributed by atoms with van der Waals surface area (Å²) in [7, 11) is 0. The van der Waals surface area contributed by atoms with Crippen molar-refractivity contribution < 1.29 is 106 Å². The van der Waals surface area contributed by atoms with Gasteiger partial charge in [-0.15, -0.1) is 0 Å². The number of aromatic hydroxyl groups is 9. The van der Waals surface area contributed by atoms with Gasteiger partial charge in [0.2, 0.25) is 0 Å². The zero-order valence-electron chi connectivity index (χ0n) is 41.7. The molecule has 5 aromatic rings. The van der Waals surface area contributed by atoms with Gasteiger partial charge in [0.25, 0.3) is 0 Å². The van der Waals surface area contributed by atoms with E-state index in [-0.39, 0.29) is 41.0 Å². The molecule has 3 aliphatic carbocycles. The molecule has 80 heavy (non-hydrogen) atoms. The molecule has 0 saturated heterocycles. The number of hydrogen-bond donors (Lipinski definition) is 18. The lowest BCUT2D eigenvalue weighted by Crippen LogP contribution is -2.49. The number of allylic oxidation sites excluding steroid dienone is 6. The minimum Gasteiger partial charge on any atom is -0.508 e. The third-order valence-corrected chi connectivity index (χ3v) is 15.9. The van der Waals surface area contributed by atoms with E-state index in [0.29, 0.717) is 5.56 Å². The Bertz CT molecular complexity index is 3570. The first-order chi connectivity index (χ1) is 38.1. The average Bonchev–Trinajstić information content (AvgIpc) is 1.78. The Kier molecular flexibility index (Phi) is 13.0. The summed E-state index contributed by atoms with van der Waals surface area (Å²) >= 11 is 0. The summed E-state index contributed by atoms with van der Waals surface area (Å²) in [6.45, 7) is 0. The van der Waals surface area contributed by atoms with E-state index in [1.165, 1.54) is 54.6 Å². The fraction of sp³-hybridized carbons (Fsp3) is 0.254. The topological polar surface area (TPSA) is 392 Å². The first kappa shape index (κ1) is 52.6. The van der Waals surface area contributed by atoms with Crippen LogP contribution < -0.4 is 14.2 Å². The molecule has 416 valence electrons. The largest absolute Gasteiger partial charge is 0.508 e. The van der Waals surface area contributed by atoms with Crippen molar-refractivity contribution in [3.05, 3.63) is 176 Å². The van der Waals surface area contributed by atoms with Crippen LogP contribution in [0.1, 0.15) is 81.5 Å². The highest BCUT2D eigenvalue weighted by Crippen LogP contribution is 2.63. The number of phenolic OH excluding ortho intramolecular Hbond substituents is 9. The molecule has 11 rings (SSSR count). The average molecular weight is 1100 g/mol. The Morgan fingerprint density at radius 2 is 0.700 bits per heavy atom. The Hall–Kier alpha value is -9.44. The number of fused-ring (bicyclic) bond motifs is 3. The van der Waals surface area contributed by atoms with Gasteiger partial charge in [-0.1, -0.05) is 42.5 Å². The molecule has 21 nitrogen and oxygen atoms in total. The Morgan fingerprint density at radius 3 is 1.11 bits per heavy atom. The van der Waals surface area contributed by atoms with E-state index >= 15 is 0 Å². The summed E-state index contributed by atoms with van der Waals surface area (Å²) in [4.78, 5) is 0. The minimum absolute atomic E-state index is 0.0220. The summed E-state index contributed by atoms with van der Waals surface area (Å²) in [5.41, 5.74) is -1.42. The van der Waals surface area contributed by atoms with Crippen molar-refractivity contribution in [2.45, 2.75) is 73.6 Å². The van der Waals surface area contributed by atoms with Crippen molar-refractivity contribution >= 4 is 12.2 Å². The number of ether oxygens (including phenoxy) is 3. The molecule has 12 atom stereocenters. The molecule has 3 heterocycles. The Morgan fingerprint density at radius 1 is 0.350 bits per heavy atom. The monoisotopic (exact) mass is 1100 g/mol. The molecule has 0 spiro atoms. The van der Waals surface area contributed by atoms with Crippen LogP contribution in [0.2, 0.25) is 0 Å². The zero-order chi connectivity index (χ0) is 56.9. The van der Waals surface area contributed by atoms with Crippen LogP contribution in [0, 0.1) is 17.8 Å². The SMILES string of the molecule is OC1=C(O)CC([C@H]2Oc3c(c(O)cc(O)c3[C@H]3c4c(O)cc(O)cc4O[C@H](C4C=CC(O)=C(O)C4)[C@@H]3O)[C@H](c3c(O)cc(O)c4c3O[C@H](C3C=CC(O)=C(O)C3)[C@H](O)[C@H]4c3c(O)cc(/C=C/c4ccc(O)cc4)cc3O)[C@H]2O)C=C1. The fourth-order valence-electron chi connectivity index (χ4n) is 12.1. The maximum Gasteiger partial charge on any atom is 0.152 e. The lowest BCUT2D eigenvalue weighted by molar-refractivity contribution is -0.0292. The van der Waals surface area contributed by atoms with Gasteiger partial charge in [0.05, 0.1) is 17.8 Å². The predicted octanol–water partition coefficient (Wildman–Crippen LogP) is 7.68. The highest BCUT2D eigenvalue weighted by Gasteiger charge is 2.54. The van der Waals surface area contributed by atoms with E-state index in [1.807, 2.05) is 0 Å².